The number of carbonyl (C=O) groups is 2. The van der Waals surface area contributed by atoms with E-state index in [0.29, 0.717) is 35.5 Å². The number of carbonyl (C=O) groups excluding carboxylic acids is 2. The van der Waals surface area contributed by atoms with Crippen LogP contribution in [0.5, 0.6) is 5.75 Å². The highest BCUT2D eigenvalue weighted by Gasteiger charge is 2.29. The van der Waals surface area contributed by atoms with E-state index in [9.17, 15) is 14.7 Å². The lowest BCUT2D eigenvalue weighted by atomic mass is 9.99. The van der Waals surface area contributed by atoms with Crippen molar-refractivity contribution in [2.24, 2.45) is 0 Å². The van der Waals surface area contributed by atoms with Gasteiger partial charge in [0, 0.05) is 26.4 Å². The second kappa shape index (κ2) is 14.0. The second-order valence-electron chi connectivity index (χ2n) is 7.99. The molecule has 5 N–H and O–H groups in total. The molecule has 0 fully saturated rings. The molecule has 10 heteroatoms. The minimum Gasteiger partial charge on any atom is -0.508 e. The van der Waals surface area contributed by atoms with Crippen molar-refractivity contribution >= 4 is 67.6 Å². The van der Waals surface area contributed by atoms with Gasteiger partial charge in [0.05, 0.1) is 17.5 Å². The molecule has 2 atom stereocenters. The van der Waals surface area contributed by atoms with E-state index >= 15 is 0 Å². The Hall–Kier alpha value is -3.09. The van der Waals surface area contributed by atoms with Gasteiger partial charge >= 0.3 is 6.09 Å². The molecule has 2 amide bonds. The Morgan fingerprint density at radius 2 is 1.84 bits per heavy atom. The Morgan fingerprint density at radius 3 is 2.54 bits per heavy atom. The number of phenols is 1. The first-order chi connectivity index (χ1) is 17.8. The standard InChI is InChI=1S/C27H27BrIN3O5/c1-36-24(8-4-5-9-25(34)32-22-7-3-2-6-21(22)30)26(20-16-18(29)12-15-23(20)33)37-27(35)31-19-13-10-17(28)11-14-19/h2-3,5-7,9-16,24,26,33H,4,8,30H2,1H3,(H,31,35)(H,32,34)/b9-5+/t24-,26-/m0/s1. The highest BCUT2D eigenvalue weighted by Crippen LogP contribution is 2.34. The van der Waals surface area contributed by atoms with Crippen LogP contribution in [0.3, 0.4) is 0 Å². The van der Waals surface area contributed by atoms with Gasteiger partial charge in [-0.3, -0.25) is 10.1 Å². The molecule has 0 aliphatic rings. The average Bonchev–Trinajstić information content (AvgIpc) is 2.87. The molecule has 0 saturated heterocycles. The third-order valence-corrected chi connectivity index (χ3v) is 6.57. The van der Waals surface area contributed by atoms with Crippen molar-refractivity contribution in [3.05, 3.63) is 92.5 Å². The van der Waals surface area contributed by atoms with Gasteiger partial charge in [0.15, 0.2) is 6.10 Å². The fourth-order valence-corrected chi connectivity index (χ4v) is 4.30. The first kappa shape index (κ1) is 28.5. The van der Waals surface area contributed by atoms with Gasteiger partial charge in [-0.05, 0) is 96.1 Å². The summed E-state index contributed by atoms with van der Waals surface area (Å²) in [7, 11) is 1.51. The van der Waals surface area contributed by atoms with Gasteiger partial charge in [-0.15, -0.1) is 0 Å². The van der Waals surface area contributed by atoms with Crippen molar-refractivity contribution in [1.29, 1.82) is 0 Å². The number of nitrogens with two attached hydrogens (primary N) is 1. The van der Waals surface area contributed by atoms with Crippen LogP contribution in [0.4, 0.5) is 21.9 Å². The maximum Gasteiger partial charge on any atom is 0.412 e. The largest absolute Gasteiger partial charge is 0.508 e. The summed E-state index contributed by atoms with van der Waals surface area (Å²) in [6.45, 7) is 0. The van der Waals surface area contributed by atoms with Crippen molar-refractivity contribution in [1.82, 2.24) is 0 Å². The minimum absolute atomic E-state index is 0.0146. The van der Waals surface area contributed by atoms with Crippen LogP contribution >= 0.6 is 38.5 Å². The van der Waals surface area contributed by atoms with Crippen molar-refractivity contribution in [2.75, 3.05) is 23.5 Å². The number of ether oxygens (including phenoxy) is 2. The van der Waals surface area contributed by atoms with Gasteiger partial charge in [0.2, 0.25) is 5.91 Å². The van der Waals surface area contributed by atoms with E-state index in [0.717, 1.165) is 8.04 Å². The molecule has 3 aromatic carbocycles. The highest BCUT2D eigenvalue weighted by molar-refractivity contribution is 14.1. The smallest absolute Gasteiger partial charge is 0.412 e. The van der Waals surface area contributed by atoms with Crippen LogP contribution in [-0.2, 0) is 14.3 Å². The van der Waals surface area contributed by atoms with E-state index in [1.807, 2.05) is 0 Å². The predicted molar refractivity (Wildman–Crippen MR) is 156 cm³/mol. The lowest BCUT2D eigenvalue weighted by Crippen LogP contribution is -2.28. The maximum absolute atomic E-state index is 12.8. The molecular weight excluding hydrogens is 653 g/mol. The molecule has 0 saturated carbocycles. The lowest BCUT2D eigenvalue weighted by Gasteiger charge is -2.27. The molecule has 3 rings (SSSR count). The Morgan fingerprint density at radius 1 is 1.11 bits per heavy atom. The molecule has 0 radical (unpaired) electrons. The molecule has 8 nitrogen and oxygen atoms in total. The van der Waals surface area contributed by atoms with Gasteiger partial charge in [0.1, 0.15) is 5.75 Å². The van der Waals surface area contributed by atoms with E-state index in [2.05, 4.69) is 49.2 Å². The van der Waals surface area contributed by atoms with E-state index in [-0.39, 0.29) is 11.7 Å². The topological polar surface area (TPSA) is 123 Å². The number of amides is 2. The summed E-state index contributed by atoms with van der Waals surface area (Å²) >= 11 is 5.48. The van der Waals surface area contributed by atoms with Gasteiger partial charge in [-0.2, -0.15) is 0 Å². The number of anilines is 3. The van der Waals surface area contributed by atoms with E-state index in [1.165, 1.54) is 13.2 Å². The monoisotopic (exact) mass is 679 g/mol. The first-order valence-corrected chi connectivity index (χ1v) is 13.2. The molecule has 0 aromatic heterocycles. The van der Waals surface area contributed by atoms with E-state index in [4.69, 9.17) is 15.2 Å². The number of nitrogens with one attached hydrogen (secondary N) is 2. The Bertz CT molecular complexity index is 1250. The van der Waals surface area contributed by atoms with Crippen molar-refractivity contribution in [3.63, 3.8) is 0 Å². The number of hydrogen-bond acceptors (Lipinski definition) is 6. The number of allylic oxidation sites excluding steroid dienone is 1. The van der Waals surface area contributed by atoms with Crippen LogP contribution in [0.25, 0.3) is 0 Å². The second-order valence-corrected chi connectivity index (χ2v) is 10.2. The normalized spacial score (nSPS) is 12.6. The molecule has 0 aliphatic heterocycles. The molecule has 3 aromatic rings. The zero-order valence-electron chi connectivity index (χ0n) is 20.0. The first-order valence-electron chi connectivity index (χ1n) is 11.3. The van der Waals surface area contributed by atoms with Crippen LogP contribution in [-0.4, -0.2) is 30.3 Å². The number of halogens is 2. The fourth-order valence-electron chi connectivity index (χ4n) is 3.52. The van der Waals surface area contributed by atoms with E-state index in [1.54, 1.807) is 72.8 Å². The summed E-state index contributed by atoms with van der Waals surface area (Å²) in [5, 5.41) is 16.0. The molecule has 0 aliphatic carbocycles. The maximum atomic E-state index is 12.8. The summed E-state index contributed by atoms with van der Waals surface area (Å²) in [5.41, 5.74) is 7.85. The number of methoxy groups -OCH3 is 1. The predicted octanol–water partition coefficient (Wildman–Crippen LogP) is 6.62. The molecule has 0 unspecified atom stereocenters. The minimum atomic E-state index is -0.901. The van der Waals surface area contributed by atoms with Crippen LogP contribution in [0, 0.1) is 3.57 Å². The van der Waals surface area contributed by atoms with Gasteiger partial charge < -0.3 is 25.6 Å². The van der Waals surface area contributed by atoms with Crippen LogP contribution in [0.1, 0.15) is 24.5 Å². The summed E-state index contributed by atoms with van der Waals surface area (Å²) in [4.78, 5) is 25.0. The number of nitrogen functional groups attached to an aromatic ring is 1. The van der Waals surface area contributed by atoms with Crippen molar-refractivity contribution in [3.8, 4) is 5.75 Å². The Kier molecular flexibility index (Phi) is 10.8. The van der Waals surface area contributed by atoms with Gasteiger partial charge in [0.25, 0.3) is 0 Å². The number of hydrogen-bond donors (Lipinski definition) is 4. The summed E-state index contributed by atoms with van der Waals surface area (Å²) < 4.78 is 13.2. The Labute approximate surface area is 237 Å². The van der Waals surface area contributed by atoms with Crippen molar-refractivity contribution < 1.29 is 24.2 Å². The van der Waals surface area contributed by atoms with Crippen LogP contribution < -0.4 is 16.4 Å². The SMILES string of the molecule is CO[C@@H](CC/C=C/C(=O)Nc1ccccc1N)[C@@H](OC(=O)Nc1ccc(Br)cc1)c1cc(I)ccc1O. The summed E-state index contributed by atoms with van der Waals surface area (Å²) in [5.74, 6) is -0.330. The average molecular weight is 680 g/mol. The number of aromatic hydroxyl groups is 1. The van der Waals surface area contributed by atoms with Crippen LogP contribution in [0.15, 0.2) is 83.4 Å². The lowest BCUT2D eigenvalue weighted by molar-refractivity contribution is -0.111. The number of para-hydroxylation sites is 2. The zero-order valence-corrected chi connectivity index (χ0v) is 23.7. The van der Waals surface area contributed by atoms with Crippen LogP contribution in [0.2, 0.25) is 0 Å². The molecule has 194 valence electrons. The van der Waals surface area contributed by atoms with E-state index < -0.39 is 18.3 Å². The molecule has 0 bridgehead atoms. The fraction of sp³-hybridized carbons (Fsp3) is 0.185. The molecule has 0 spiro atoms. The quantitative estimate of drug-likeness (QED) is 0.109. The summed E-state index contributed by atoms with van der Waals surface area (Å²) in [6, 6.07) is 19.1. The third-order valence-electron chi connectivity index (χ3n) is 5.37. The highest BCUT2D eigenvalue weighted by atomic mass is 127. The molecular formula is C27H27BrIN3O5. The van der Waals surface area contributed by atoms with Gasteiger partial charge in [-0.1, -0.05) is 34.1 Å². The zero-order chi connectivity index (χ0) is 26.8. The third kappa shape index (κ3) is 8.76. The number of phenolic OH excluding ortho intramolecular Hbond substituents is 1. The van der Waals surface area contributed by atoms with Gasteiger partial charge in [-0.25, -0.2) is 4.79 Å². The number of benzene rings is 3. The summed E-state index contributed by atoms with van der Waals surface area (Å²) in [6.07, 6.45) is 1.79. The Balaban J connectivity index is 1.69. The number of rotatable bonds is 10. The van der Waals surface area contributed by atoms with Crippen molar-refractivity contribution in [2.45, 2.75) is 25.0 Å². The molecule has 0 heterocycles. The molecule has 37 heavy (non-hydrogen) atoms.